The lowest BCUT2D eigenvalue weighted by Gasteiger charge is -2.09. The first kappa shape index (κ1) is 15.4. The van der Waals surface area contributed by atoms with Crippen molar-refractivity contribution in [1.29, 1.82) is 5.26 Å². The summed E-state index contributed by atoms with van der Waals surface area (Å²) in [4.78, 5) is 12.9. The lowest BCUT2D eigenvalue weighted by atomic mass is 10.0. The van der Waals surface area contributed by atoms with Gasteiger partial charge in [0.15, 0.2) is 11.5 Å². The van der Waals surface area contributed by atoms with Gasteiger partial charge in [-0.15, -0.1) is 0 Å². The van der Waals surface area contributed by atoms with Gasteiger partial charge in [0.1, 0.15) is 11.8 Å². The molecule has 0 radical (unpaired) electrons. The third-order valence-corrected chi connectivity index (χ3v) is 3.82. The van der Waals surface area contributed by atoms with Crippen LogP contribution >= 0.6 is 0 Å². The maximum absolute atomic E-state index is 12.9. The van der Waals surface area contributed by atoms with Crippen molar-refractivity contribution < 1.29 is 19.5 Å². The predicted octanol–water partition coefficient (Wildman–Crippen LogP) is 3.00. The molecule has 0 saturated carbocycles. The van der Waals surface area contributed by atoms with Crippen LogP contribution in [-0.4, -0.2) is 29.9 Å². The second kappa shape index (κ2) is 5.97. The molecule has 120 valence electrons. The highest BCUT2D eigenvalue weighted by Gasteiger charge is 2.24. The first-order valence-electron chi connectivity index (χ1n) is 7.12. The molecule has 1 N–H and O–H groups in total. The predicted molar refractivity (Wildman–Crippen MR) is 86.8 cm³/mol. The van der Waals surface area contributed by atoms with Crippen LogP contribution in [0.5, 0.6) is 11.5 Å². The summed E-state index contributed by atoms with van der Waals surface area (Å²) < 4.78 is 11.1. The summed E-state index contributed by atoms with van der Waals surface area (Å²) in [6.45, 7) is 0. The van der Waals surface area contributed by atoms with Crippen LogP contribution in [0, 0.1) is 11.3 Å². The van der Waals surface area contributed by atoms with E-state index >= 15 is 0 Å². The van der Waals surface area contributed by atoms with Crippen molar-refractivity contribution >= 4 is 16.7 Å². The first-order valence-corrected chi connectivity index (χ1v) is 7.12. The van der Waals surface area contributed by atoms with Crippen LogP contribution in [0.3, 0.4) is 0 Å². The van der Waals surface area contributed by atoms with Crippen LogP contribution in [0.2, 0.25) is 0 Å². The molecule has 1 heterocycles. The molecule has 0 spiro atoms. The third kappa shape index (κ3) is 2.23. The number of carbonyl (C=O) groups excluding carboxylic acids is 1. The summed E-state index contributed by atoms with van der Waals surface area (Å²) in [7, 11) is 2.97. The molecule has 0 saturated heterocycles. The van der Waals surface area contributed by atoms with Crippen LogP contribution in [0.1, 0.15) is 21.6 Å². The Hall–Kier alpha value is -3.46. The van der Waals surface area contributed by atoms with Gasteiger partial charge in [-0.2, -0.15) is 9.99 Å². The standard InChI is InChI=1S/C18H14N2O4/c1-23-15-8-7-11(9-16(15)24-2)18(21)17-13(10-19)12-5-3-4-6-14(12)20(17)22/h3-9,22H,1-2H3. The fraction of sp³-hybridized carbons (Fsp3) is 0.111. The van der Waals surface area contributed by atoms with E-state index in [-0.39, 0.29) is 16.8 Å². The highest BCUT2D eigenvalue weighted by Crippen LogP contribution is 2.31. The lowest BCUT2D eigenvalue weighted by Crippen LogP contribution is -2.10. The van der Waals surface area contributed by atoms with E-state index < -0.39 is 5.78 Å². The number of fused-ring (bicyclic) bond motifs is 1. The molecule has 3 aromatic rings. The fourth-order valence-corrected chi connectivity index (χ4v) is 2.66. The van der Waals surface area contributed by atoms with Crippen LogP contribution < -0.4 is 9.47 Å². The molecular formula is C18H14N2O4. The van der Waals surface area contributed by atoms with E-state index in [0.717, 1.165) is 4.73 Å². The van der Waals surface area contributed by atoms with E-state index in [1.807, 2.05) is 6.07 Å². The maximum Gasteiger partial charge on any atom is 0.214 e. The molecule has 0 fully saturated rings. The summed E-state index contributed by atoms with van der Waals surface area (Å²) in [5.41, 5.74) is 0.735. The van der Waals surface area contributed by atoms with Gasteiger partial charge in [-0.25, -0.2) is 0 Å². The van der Waals surface area contributed by atoms with Gasteiger partial charge in [-0.3, -0.25) is 4.79 Å². The minimum Gasteiger partial charge on any atom is -0.493 e. The average molecular weight is 322 g/mol. The maximum atomic E-state index is 12.9. The fourth-order valence-electron chi connectivity index (χ4n) is 2.66. The number of benzene rings is 2. The average Bonchev–Trinajstić information content (AvgIpc) is 2.92. The Bertz CT molecular complexity index is 983. The number of rotatable bonds is 4. The largest absolute Gasteiger partial charge is 0.493 e. The first-order chi connectivity index (χ1) is 11.6. The Balaban J connectivity index is 2.20. The number of carbonyl (C=O) groups is 1. The zero-order valence-corrected chi connectivity index (χ0v) is 13.1. The molecular weight excluding hydrogens is 308 g/mol. The van der Waals surface area contributed by atoms with Crippen molar-refractivity contribution in [2.24, 2.45) is 0 Å². The van der Waals surface area contributed by atoms with Crippen molar-refractivity contribution in [3.63, 3.8) is 0 Å². The zero-order chi connectivity index (χ0) is 17.3. The van der Waals surface area contributed by atoms with Gasteiger partial charge in [0.2, 0.25) is 5.78 Å². The summed E-state index contributed by atoms with van der Waals surface area (Å²) in [5.74, 6) is 0.396. The summed E-state index contributed by atoms with van der Waals surface area (Å²) in [6.07, 6.45) is 0. The van der Waals surface area contributed by atoms with Crippen LogP contribution in [0.25, 0.3) is 10.9 Å². The minimum absolute atomic E-state index is 0.0779. The Morgan fingerprint density at radius 2 is 1.83 bits per heavy atom. The van der Waals surface area contributed by atoms with Gasteiger partial charge in [0, 0.05) is 10.9 Å². The minimum atomic E-state index is -0.480. The van der Waals surface area contributed by atoms with Crippen LogP contribution in [0.4, 0.5) is 0 Å². The molecule has 0 aliphatic carbocycles. The highest BCUT2D eigenvalue weighted by molar-refractivity contribution is 6.13. The number of hydrogen-bond acceptors (Lipinski definition) is 5. The molecule has 1 aromatic heterocycles. The summed E-state index contributed by atoms with van der Waals surface area (Å²) >= 11 is 0. The summed E-state index contributed by atoms with van der Waals surface area (Å²) in [5, 5.41) is 20.3. The molecule has 0 aliphatic heterocycles. The van der Waals surface area contributed by atoms with Gasteiger partial charge in [-0.05, 0) is 24.3 Å². The number of aromatic nitrogens is 1. The molecule has 6 heteroatoms. The number of nitriles is 1. The van der Waals surface area contributed by atoms with E-state index in [2.05, 4.69) is 0 Å². The number of nitrogens with zero attached hydrogens (tertiary/aromatic N) is 2. The highest BCUT2D eigenvalue weighted by atomic mass is 16.5. The van der Waals surface area contributed by atoms with Crippen molar-refractivity contribution in [2.75, 3.05) is 14.2 Å². The van der Waals surface area contributed by atoms with E-state index in [4.69, 9.17) is 9.47 Å². The van der Waals surface area contributed by atoms with E-state index in [1.165, 1.54) is 20.3 Å². The van der Waals surface area contributed by atoms with Crippen molar-refractivity contribution in [1.82, 2.24) is 4.73 Å². The Morgan fingerprint density at radius 3 is 2.50 bits per heavy atom. The Morgan fingerprint density at radius 1 is 1.12 bits per heavy atom. The van der Waals surface area contributed by atoms with Crippen molar-refractivity contribution in [2.45, 2.75) is 0 Å². The molecule has 3 rings (SSSR count). The van der Waals surface area contributed by atoms with Gasteiger partial charge in [0.05, 0.1) is 25.3 Å². The number of hydrogen-bond donors (Lipinski definition) is 1. The van der Waals surface area contributed by atoms with Gasteiger partial charge < -0.3 is 14.7 Å². The van der Waals surface area contributed by atoms with Gasteiger partial charge in [-0.1, -0.05) is 18.2 Å². The molecule has 0 bridgehead atoms. The normalized spacial score (nSPS) is 10.4. The molecule has 0 unspecified atom stereocenters. The van der Waals surface area contributed by atoms with E-state index in [9.17, 15) is 15.3 Å². The van der Waals surface area contributed by atoms with Gasteiger partial charge in [0.25, 0.3) is 0 Å². The number of ketones is 1. The molecule has 0 atom stereocenters. The third-order valence-electron chi connectivity index (χ3n) is 3.82. The quantitative estimate of drug-likeness (QED) is 0.589. The molecule has 0 amide bonds. The Labute approximate surface area is 138 Å². The number of ether oxygens (including phenoxy) is 2. The van der Waals surface area contributed by atoms with E-state index in [0.29, 0.717) is 22.4 Å². The molecule has 2 aromatic carbocycles. The van der Waals surface area contributed by atoms with Crippen LogP contribution in [-0.2, 0) is 0 Å². The topological polar surface area (TPSA) is 84.5 Å². The molecule has 0 aliphatic rings. The smallest absolute Gasteiger partial charge is 0.214 e. The second-order valence-corrected chi connectivity index (χ2v) is 5.06. The monoisotopic (exact) mass is 322 g/mol. The SMILES string of the molecule is COc1ccc(C(=O)c2c(C#N)c3ccccc3n2O)cc1OC. The second-order valence-electron chi connectivity index (χ2n) is 5.06. The number of para-hydroxylation sites is 1. The summed E-state index contributed by atoms with van der Waals surface area (Å²) in [6, 6.07) is 13.5. The Kier molecular flexibility index (Phi) is 3.84. The van der Waals surface area contributed by atoms with Gasteiger partial charge >= 0.3 is 0 Å². The van der Waals surface area contributed by atoms with Crippen molar-refractivity contribution in [3.8, 4) is 17.6 Å². The van der Waals surface area contributed by atoms with E-state index in [1.54, 1.807) is 36.4 Å². The number of methoxy groups -OCH3 is 2. The van der Waals surface area contributed by atoms with Crippen LogP contribution in [0.15, 0.2) is 42.5 Å². The molecule has 6 nitrogen and oxygen atoms in total. The van der Waals surface area contributed by atoms with Crippen molar-refractivity contribution in [3.05, 3.63) is 59.3 Å². The zero-order valence-electron chi connectivity index (χ0n) is 13.1. The lowest BCUT2D eigenvalue weighted by molar-refractivity contribution is 0.0990. The molecule has 24 heavy (non-hydrogen) atoms.